The first kappa shape index (κ1) is 13.5. The Bertz CT molecular complexity index is 490. The van der Waals surface area contributed by atoms with E-state index in [1.165, 1.54) is 6.20 Å². The number of nitrogens with one attached hydrogen (secondary N) is 1. The molecule has 0 bridgehead atoms. The van der Waals surface area contributed by atoms with E-state index in [1.54, 1.807) is 16.6 Å². The molecule has 1 aliphatic rings. The lowest BCUT2D eigenvalue weighted by Gasteiger charge is -2.27. The topological polar surface area (TPSA) is 93.2 Å². The highest BCUT2D eigenvalue weighted by molar-refractivity contribution is 5.97. The molecule has 1 saturated heterocycles. The number of nitrogens with zero attached hydrogens (tertiary/aromatic N) is 3. The molecule has 0 spiro atoms. The van der Waals surface area contributed by atoms with Gasteiger partial charge in [-0.1, -0.05) is 0 Å². The second kappa shape index (κ2) is 5.40. The lowest BCUT2D eigenvalue weighted by atomic mass is 10.1. The first-order valence-corrected chi connectivity index (χ1v) is 6.29. The fourth-order valence-corrected chi connectivity index (χ4v) is 2.30. The van der Waals surface area contributed by atoms with E-state index in [9.17, 15) is 9.59 Å². The number of primary amides is 1. The molecule has 2 heterocycles. The number of amides is 2. The van der Waals surface area contributed by atoms with Gasteiger partial charge in [0, 0.05) is 25.3 Å². The maximum atomic E-state index is 12.5. The van der Waals surface area contributed by atoms with E-state index in [1.807, 2.05) is 6.92 Å². The number of hydrogen-bond acceptors (Lipinski definition) is 4. The largest absolute Gasteiger partial charge is 0.368 e. The zero-order valence-electron chi connectivity index (χ0n) is 11.2. The molecule has 7 heteroatoms. The maximum absolute atomic E-state index is 12.5. The van der Waals surface area contributed by atoms with E-state index >= 15 is 0 Å². The van der Waals surface area contributed by atoms with Crippen LogP contribution in [0.25, 0.3) is 0 Å². The Morgan fingerprint density at radius 3 is 2.84 bits per heavy atom. The minimum atomic E-state index is -0.498. The number of aromatic nitrogens is 2. The van der Waals surface area contributed by atoms with Crippen molar-refractivity contribution in [3.05, 3.63) is 17.5 Å². The summed E-state index contributed by atoms with van der Waals surface area (Å²) in [5, 5.41) is 7.25. The summed E-state index contributed by atoms with van der Waals surface area (Å²) in [6.45, 7) is 3.31. The van der Waals surface area contributed by atoms with Crippen molar-refractivity contribution < 1.29 is 9.59 Å². The van der Waals surface area contributed by atoms with Crippen LogP contribution < -0.4 is 11.1 Å². The zero-order chi connectivity index (χ0) is 14.0. The predicted molar refractivity (Wildman–Crippen MR) is 69.5 cm³/mol. The molecule has 0 aromatic carbocycles. The molecule has 0 aliphatic carbocycles. The van der Waals surface area contributed by atoms with Gasteiger partial charge in [0.05, 0.1) is 18.3 Å². The molecule has 2 amide bonds. The van der Waals surface area contributed by atoms with Crippen LogP contribution in [-0.4, -0.2) is 52.2 Å². The third-order valence-electron chi connectivity index (χ3n) is 3.53. The summed E-state index contributed by atoms with van der Waals surface area (Å²) in [5.41, 5.74) is 6.55. The summed E-state index contributed by atoms with van der Waals surface area (Å²) >= 11 is 0. The molecule has 2 rings (SSSR count). The minimum absolute atomic E-state index is 0.0135. The van der Waals surface area contributed by atoms with Crippen molar-refractivity contribution in [1.29, 1.82) is 0 Å². The van der Waals surface area contributed by atoms with Crippen molar-refractivity contribution in [1.82, 2.24) is 20.0 Å². The number of hydrogen-bond donors (Lipinski definition) is 2. The van der Waals surface area contributed by atoms with Crippen LogP contribution in [0.15, 0.2) is 6.20 Å². The van der Waals surface area contributed by atoms with Gasteiger partial charge < -0.3 is 16.0 Å². The molecule has 3 N–H and O–H groups in total. The van der Waals surface area contributed by atoms with Crippen LogP contribution in [0, 0.1) is 6.92 Å². The van der Waals surface area contributed by atoms with Gasteiger partial charge in [-0.3, -0.25) is 14.3 Å². The molecule has 1 aromatic rings. The van der Waals surface area contributed by atoms with Crippen LogP contribution in [-0.2, 0) is 11.8 Å². The molecule has 104 valence electrons. The Hall–Kier alpha value is -1.89. The summed E-state index contributed by atoms with van der Waals surface area (Å²) in [7, 11) is 1.78. The van der Waals surface area contributed by atoms with Crippen molar-refractivity contribution in [3.8, 4) is 0 Å². The Morgan fingerprint density at radius 1 is 1.63 bits per heavy atom. The maximum Gasteiger partial charge on any atom is 0.258 e. The van der Waals surface area contributed by atoms with E-state index < -0.39 is 5.91 Å². The molecular formula is C12H19N5O2. The van der Waals surface area contributed by atoms with Gasteiger partial charge in [0.15, 0.2) is 0 Å². The smallest absolute Gasteiger partial charge is 0.258 e. The quantitative estimate of drug-likeness (QED) is 0.731. The van der Waals surface area contributed by atoms with Gasteiger partial charge in [0.1, 0.15) is 0 Å². The van der Waals surface area contributed by atoms with E-state index in [0.29, 0.717) is 12.1 Å². The van der Waals surface area contributed by atoms with E-state index in [0.717, 1.165) is 18.7 Å². The van der Waals surface area contributed by atoms with Gasteiger partial charge in [-0.15, -0.1) is 0 Å². The molecule has 7 nitrogen and oxygen atoms in total. The van der Waals surface area contributed by atoms with Crippen LogP contribution in [0.4, 0.5) is 0 Å². The normalized spacial score (nSPS) is 18.5. The predicted octanol–water partition coefficient (Wildman–Crippen LogP) is -0.982. The average molecular weight is 265 g/mol. The molecule has 0 radical (unpaired) electrons. The summed E-state index contributed by atoms with van der Waals surface area (Å²) in [4.78, 5) is 25.3. The Kier molecular flexibility index (Phi) is 3.84. The highest BCUT2D eigenvalue weighted by Crippen LogP contribution is 2.15. The van der Waals surface area contributed by atoms with Gasteiger partial charge >= 0.3 is 0 Å². The van der Waals surface area contributed by atoms with Gasteiger partial charge in [-0.2, -0.15) is 5.10 Å². The fourth-order valence-electron chi connectivity index (χ4n) is 2.30. The lowest BCUT2D eigenvalue weighted by molar-refractivity contribution is -0.119. The second-order valence-electron chi connectivity index (χ2n) is 4.81. The number of nitrogens with two attached hydrogens (primary N) is 1. The molecule has 19 heavy (non-hydrogen) atoms. The highest BCUT2D eigenvalue weighted by Gasteiger charge is 2.30. The number of carbonyl (C=O) groups is 2. The minimum Gasteiger partial charge on any atom is -0.368 e. The van der Waals surface area contributed by atoms with Gasteiger partial charge in [0.2, 0.25) is 5.91 Å². The van der Waals surface area contributed by atoms with E-state index in [4.69, 9.17) is 5.73 Å². The highest BCUT2D eigenvalue weighted by atomic mass is 16.2. The molecule has 1 atom stereocenters. The van der Waals surface area contributed by atoms with Crippen LogP contribution in [0.5, 0.6) is 0 Å². The number of aryl methyl sites for hydroxylation is 1. The Balaban J connectivity index is 2.24. The molecule has 1 aliphatic heterocycles. The molecule has 0 saturated carbocycles. The van der Waals surface area contributed by atoms with Crippen molar-refractivity contribution in [2.75, 3.05) is 19.6 Å². The standard InChI is InChI=1S/C12H19N5O2/c1-8-10(6-15-16(8)2)12(19)17(7-11(13)18)9-3-4-14-5-9/h6,9,14H,3-5,7H2,1-2H3,(H2,13,18). The monoisotopic (exact) mass is 265 g/mol. The van der Waals surface area contributed by atoms with Crippen molar-refractivity contribution in [3.63, 3.8) is 0 Å². The molecular weight excluding hydrogens is 246 g/mol. The summed E-state index contributed by atoms with van der Waals surface area (Å²) in [5.74, 6) is -0.681. The number of carbonyl (C=O) groups excluding carboxylic acids is 2. The third-order valence-corrected chi connectivity index (χ3v) is 3.53. The van der Waals surface area contributed by atoms with Crippen LogP contribution in [0.3, 0.4) is 0 Å². The molecule has 1 unspecified atom stereocenters. The fraction of sp³-hybridized carbons (Fsp3) is 0.583. The van der Waals surface area contributed by atoms with Crippen molar-refractivity contribution in [2.24, 2.45) is 12.8 Å². The Labute approximate surface area is 111 Å². The summed E-state index contributed by atoms with van der Waals surface area (Å²) < 4.78 is 1.64. The first-order chi connectivity index (χ1) is 9.00. The average Bonchev–Trinajstić information content (AvgIpc) is 2.97. The summed E-state index contributed by atoms with van der Waals surface area (Å²) in [6.07, 6.45) is 2.37. The van der Waals surface area contributed by atoms with Gasteiger partial charge in [0.25, 0.3) is 5.91 Å². The summed E-state index contributed by atoms with van der Waals surface area (Å²) in [6, 6.07) is 0.0135. The van der Waals surface area contributed by atoms with Crippen LogP contribution >= 0.6 is 0 Å². The Morgan fingerprint density at radius 2 is 2.37 bits per heavy atom. The first-order valence-electron chi connectivity index (χ1n) is 6.29. The van der Waals surface area contributed by atoms with Crippen LogP contribution in [0.1, 0.15) is 22.5 Å². The zero-order valence-corrected chi connectivity index (χ0v) is 11.2. The van der Waals surface area contributed by atoms with E-state index in [2.05, 4.69) is 10.4 Å². The van der Waals surface area contributed by atoms with Crippen molar-refractivity contribution in [2.45, 2.75) is 19.4 Å². The SMILES string of the molecule is Cc1c(C(=O)N(CC(N)=O)C2CCNC2)cnn1C. The van der Waals surface area contributed by atoms with Crippen LogP contribution in [0.2, 0.25) is 0 Å². The number of rotatable bonds is 4. The van der Waals surface area contributed by atoms with Gasteiger partial charge in [-0.05, 0) is 19.9 Å². The van der Waals surface area contributed by atoms with E-state index in [-0.39, 0.29) is 18.5 Å². The van der Waals surface area contributed by atoms with Gasteiger partial charge in [-0.25, -0.2) is 0 Å². The lowest BCUT2D eigenvalue weighted by Crippen LogP contribution is -2.46. The molecule has 1 fully saturated rings. The molecule has 1 aromatic heterocycles. The third kappa shape index (κ3) is 2.76. The van der Waals surface area contributed by atoms with Crippen molar-refractivity contribution >= 4 is 11.8 Å². The second-order valence-corrected chi connectivity index (χ2v) is 4.81.